The summed E-state index contributed by atoms with van der Waals surface area (Å²) >= 11 is 5.21. The Hall–Kier alpha value is -1.26. The van der Waals surface area contributed by atoms with Crippen molar-refractivity contribution in [1.29, 1.82) is 0 Å². The Morgan fingerprint density at radius 2 is 1.90 bits per heavy atom. The minimum Gasteiger partial charge on any atom is -0.311 e. The third-order valence-corrected chi connectivity index (χ3v) is 5.37. The molecule has 0 fully saturated rings. The molecule has 0 atom stereocenters. The van der Waals surface area contributed by atoms with E-state index in [4.69, 9.17) is 0 Å². The normalized spacial score (nSPS) is 13.3. The van der Waals surface area contributed by atoms with Gasteiger partial charge in [0.2, 0.25) is 5.91 Å². The molecule has 2 nitrogen and oxygen atoms in total. The van der Waals surface area contributed by atoms with E-state index in [1.165, 1.54) is 11.1 Å². The van der Waals surface area contributed by atoms with Crippen LogP contribution in [-0.2, 0) is 17.0 Å². The Morgan fingerprint density at radius 1 is 1.14 bits per heavy atom. The molecule has 21 heavy (non-hydrogen) atoms. The minimum absolute atomic E-state index is 0.206. The number of carbonyl (C=O) groups excluding carboxylic acids is 1. The number of fused-ring (bicyclic) bond motifs is 1. The number of nitrogens with zero attached hydrogens (tertiary/aromatic N) is 1. The van der Waals surface area contributed by atoms with E-state index < -0.39 is 0 Å². The molecule has 1 amide bonds. The van der Waals surface area contributed by atoms with Crippen LogP contribution in [0.2, 0.25) is 0 Å². The number of amides is 1. The highest BCUT2D eigenvalue weighted by Gasteiger charge is 2.23. The number of thioether (sulfide) groups is 1. The molecule has 108 valence electrons. The van der Waals surface area contributed by atoms with Crippen molar-refractivity contribution < 1.29 is 4.79 Å². The van der Waals surface area contributed by atoms with Crippen molar-refractivity contribution in [1.82, 2.24) is 0 Å². The van der Waals surface area contributed by atoms with Gasteiger partial charge in [-0.3, -0.25) is 4.79 Å². The lowest BCUT2D eigenvalue weighted by molar-refractivity contribution is -0.116. The number of carbonyl (C=O) groups is 1. The van der Waals surface area contributed by atoms with Crippen LogP contribution in [0.25, 0.3) is 0 Å². The van der Waals surface area contributed by atoms with E-state index in [-0.39, 0.29) is 5.91 Å². The second-order valence-corrected chi connectivity index (χ2v) is 6.85. The third kappa shape index (κ3) is 3.33. The predicted octanol–water partition coefficient (Wildman–Crippen LogP) is 4.27. The summed E-state index contributed by atoms with van der Waals surface area (Å²) in [7, 11) is 0. The van der Waals surface area contributed by atoms with Crippen LogP contribution in [0.5, 0.6) is 0 Å². The first-order chi connectivity index (χ1) is 10.3. The van der Waals surface area contributed by atoms with Gasteiger partial charge in [-0.1, -0.05) is 52.3 Å². The molecule has 0 saturated carbocycles. The van der Waals surface area contributed by atoms with Gasteiger partial charge in [0.05, 0.1) is 5.75 Å². The Bertz CT molecular complexity index is 659. The van der Waals surface area contributed by atoms with Crippen LogP contribution in [0, 0.1) is 0 Å². The van der Waals surface area contributed by atoms with Gasteiger partial charge in [-0.05, 0) is 29.7 Å². The molecule has 0 aliphatic carbocycles. The SMILES string of the molecule is O=C(CSCc1ccccc1Br)N1CCc2ccccc21. The first-order valence-corrected chi connectivity index (χ1v) is 8.90. The lowest BCUT2D eigenvalue weighted by Crippen LogP contribution is -2.30. The molecular weight excluding hydrogens is 346 g/mol. The van der Waals surface area contributed by atoms with Crippen molar-refractivity contribution in [3.8, 4) is 0 Å². The van der Waals surface area contributed by atoms with Gasteiger partial charge in [-0.25, -0.2) is 0 Å². The molecule has 0 bridgehead atoms. The van der Waals surface area contributed by atoms with Gasteiger partial charge in [-0.2, -0.15) is 0 Å². The van der Waals surface area contributed by atoms with E-state index in [0.717, 1.165) is 28.9 Å². The molecule has 2 aromatic carbocycles. The van der Waals surface area contributed by atoms with Crippen LogP contribution in [-0.4, -0.2) is 18.2 Å². The van der Waals surface area contributed by atoms with Crippen LogP contribution in [0.3, 0.4) is 0 Å². The van der Waals surface area contributed by atoms with Gasteiger partial charge in [0.25, 0.3) is 0 Å². The fourth-order valence-electron chi connectivity index (χ4n) is 2.54. The number of anilines is 1. The molecular formula is C17H16BrNOS. The standard InChI is InChI=1S/C17H16BrNOS/c18-15-7-3-1-6-14(15)11-21-12-17(20)19-10-9-13-5-2-4-8-16(13)19/h1-8H,9-12H2. The largest absolute Gasteiger partial charge is 0.311 e. The molecule has 0 radical (unpaired) electrons. The molecule has 0 unspecified atom stereocenters. The predicted molar refractivity (Wildman–Crippen MR) is 92.8 cm³/mol. The quantitative estimate of drug-likeness (QED) is 0.810. The number of halogens is 1. The van der Waals surface area contributed by atoms with E-state index in [9.17, 15) is 4.79 Å². The monoisotopic (exact) mass is 361 g/mol. The summed E-state index contributed by atoms with van der Waals surface area (Å²) in [6, 6.07) is 16.3. The minimum atomic E-state index is 0.206. The fourth-order valence-corrected chi connectivity index (χ4v) is 4.05. The molecule has 0 saturated heterocycles. The Morgan fingerprint density at radius 3 is 2.76 bits per heavy atom. The van der Waals surface area contributed by atoms with Crippen LogP contribution in [0.4, 0.5) is 5.69 Å². The second-order valence-electron chi connectivity index (χ2n) is 5.01. The van der Waals surface area contributed by atoms with Crippen LogP contribution in [0.15, 0.2) is 53.0 Å². The fraction of sp³-hybridized carbons (Fsp3) is 0.235. The summed E-state index contributed by atoms with van der Waals surface area (Å²) in [4.78, 5) is 14.3. The average Bonchev–Trinajstić information content (AvgIpc) is 2.93. The van der Waals surface area contributed by atoms with Crippen molar-refractivity contribution >= 4 is 39.3 Å². The van der Waals surface area contributed by atoms with Crippen molar-refractivity contribution in [2.45, 2.75) is 12.2 Å². The smallest absolute Gasteiger partial charge is 0.237 e. The van der Waals surface area contributed by atoms with Gasteiger partial charge in [0.15, 0.2) is 0 Å². The number of hydrogen-bond acceptors (Lipinski definition) is 2. The highest BCUT2D eigenvalue weighted by atomic mass is 79.9. The van der Waals surface area contributed by atoms with E-state index >= 15 is 0 Å². The summed E-state index contributed by atoms with van der Waals surface area (Å²) in [5, 5.41) is 0. The van der Waals surface area contributed by atoms with Crippen LogP contribution >= 0.6 is 27.7 Å². The van der Waals surface area contributed by atoms with E-state index in [1.54, 1.807) is 11.8 Å². The maximum atomic E-state index is 12.4. The Balaban J connectivity index is 1.57. The first kappa shape index (κ1) is 14.7. The topological polar surface area (TPSA) is 20.3 Å². The highest BCUT2D eigenvalue weighted by Crippen LogP contribution is 2.28. The lowest BCUT2D eigenvalue weighted by Gasteiger charge is -2.17. The lowest BCUT2D eigenvalue weighted by atomic mass is 10.2. The first-order valence-electron chi connectivity index (χ1n) is 6.95. The number of para-hydroxylation sites is 1. The summed E-state index contributed by atoms with van der Waals surface area (Å²) in [5.41, 5.74) is 3.60. The molecule has 4 heteroatoms. The van der Waals surface area contributed by atoms with Gasteiger partial charge in [0.1, 0.15) is 0 Å². The van der Waals surface area contributed by atoms with E-state index in [0.29, 0.717) is 5.75 Å². The maximum absolute atomic E-state index is 12.4. The van der Waals surface area contributed by atoms with Gasteiger partial charge in [0, 0.05) is 22.5 Å². The second kappa shape index (κ2) is 6.67. The average molecular weight is 362 g/mol. The molecule has 1 aliphatic heterocycles. The summed E-state index contributed by atoms with van der Waals surface area (Å²) in [5.74, 6) is 1.58. The van der Waals surface area contributed by atoms with Crippen LogP contribution < -0.4 is 4.90 Å². The summed E-state index contributed by atoms with van der Waals surface area (Å²) in [6.07, 6.45) is 0.969. The molecule has 1 aliphatic rings. The molecule has 0 aromatic heterocycles. The zero-order valence-electron chi connectivity index (χ0n) is 11.6. The van der Waals surface area contributed by atoms with Gasteiger partial charge in [-0.15, -0.1) is 11.8 Å². The molecule has 0 N–H and O–H groups in total. The van der Waals surface area contributed by atoms with Crippen molar-refractivity contribution in [3.05, 3.63) is 64.1 Å². The number of hydrogen-bond donors (Lipinski definition) is 0. The van der Waals surface area contributed by atoms with Gasteiger partial charge < -0.3 is 4.90 Å². The third-order valence-electron chi connectivity index (χ3n) is 3.63. The Kier molecular flexibility index (Phi) is 4.66. The summed E-state index contributed by atoms with van der Waals surface area (Å²) < 4.78 is 1.11. The summed E-state index contributed by atoms with van der Waals surface area (Å²) in [6.45, 7) is 0.813. The Labute approximate surface area is 137 Å². The van der Waals surface area contributed by atoms with Crippen molar-refractivity contribution in [2.24, 2.45) is 0 Å². The molecule has 3 rings (SSSR count). The molecule has 1 heterocycles. The molecule has 2 aromatic rings. The maximum Gasteiger partial charge on any atom is 0.237 e. The zero-order valence-corrected chi connectivity index (χ0v) is 14.0. The molecule has 0 spiro atoms. The zero-order chi connectivity index (χ0) is 14.7. The van der Waals surface area contributed by atoms with Crippen molar-refractivity contribution in [2.75, 3.05) is 17.2 Å². The number of rotatable bonds is 4. The number of benzene rings is 2. The van der Waals surface area contributed by atoms with E-state index in [2.05, 4.69) is 28.1 Å². The van der Waals surface area contributed by atoms with Crippen molar-refractivity contribution in [3.63, 3.8) is 0 Å². The van der Waals surface area contributed by atoms with Gasteiger partial charge >= 0.3 is 0 Å². The highest BCUT2D eigenvalue weighted by molar-refractivity contribution is 9.10. The van der Waals surface area contributed by atoms with E-state index in [1.807, 2.05) is 41.3 Å². The van der Waals surface area contributed by atoms with Crippen LogP contribution in [0.1, 0.15) is 11.1 Å².